The fourth-order valence-corrected chi connectivity index (χ4v) is 2.27. The van der Waals surface area contributed by atoms with Crippen molar-refractivity contribution < 1.29 is 18.8 Å². The molecule has 7 nitrogen and oxygen atoms in total. The molecule has 1 aliphatic carbocycles. The van der Waals surface area contributed by atoms with Crippen LogP contribution in [0.4, 0.5) is 10.1 Å². The van der Waals surface area contributed by atoms with E-state index in [0.717, 1.165) is 25.0 Å². The van der Waals surface area contributed by atoms with E-state index in [4.69, 9.17) is 10.5 Å². The van der Waals surface area contributed by atoms with Gasteiger partial charge in [-0.05, 0) is 31.7 Å². The molecule has 2 rings (SSSR count). The van der Waals surface area contributed by atoms with Crippen LogP contribution in [0.25, 0.3) is 0 Å². The molecule has 0 bridgehead atoms. The highest BCUT2D eigenvalue weighted by atomic mass is 35.5. The average molecular weight is 348 g/mol. The number of nitrogens with two attached hydrogens (primary N) is 1. The molecular weight excluding hydrogens is 329 g/mol. The third kappa shape index (κ3) is 4.77. The molecule has 1 aromatic rings. The Morgan fingerprint density at radius 2 is 2.22 bits per heavy atom. The summed E-state index contributed by atoms with van der Waals surface area (Å²) in [5.41, 5.74) is 4.60. The quantitative estimate of drug-likeness (QED) is 0.577. The van der Waals surface area contributed by atoms with E-state index in [-0.39, 0.29) is 30.7 Å². The molecule has 23 heavy (non-hydrogen) atoms. The van der Waals surface area contributed by atoms with Crippen molar-refractivity contribution >= 4 is 24.0 Å². The van der Waals surface area contributed by atoms with Crippen LogP contribution in [-0.4, -0.2) is 29.5 Å². The first-order chi connectivity index (χ1) is 10.4. The Hall–Kier alpha value is -1.93. The molecule has 128 valence electrons. The Balaban J connectivity index is 0.00000264. The SMILES string of the molecule is CC(CN)(NC(=O)COc1ccc([N+](=O)[O-])c(F)c1)C1CC1.Cl. The van der Waals surface area contributed by atoms with Gasteiger partial charge in [-0.2, -0.15) is 4.39 Å². The van der Waals surface area contributed by atoms with Crippen molar-refractivity contribution in [3.05, 3.63) is 34.1 Å². The van der Waals surface area contributed by atoms with Crippen LogP contribution in [0.15, 0.2) is 18.2 Å². The second-order valence-corrected chi connectivity index (χ2v) is 5.60. The number of nitrogens with zero attached hydrogens (tertiary/aromatic N) is 1. The number of hydrogen-bond donors (Lipinski definition) is 2. The molecule has 1 unspecified atom stereocenters. The fraction of sp³-hybridized carbons (Fsp3) is 0.500. The third-order valence-electron chi connectivity index (χ3n) is 3.81. The van der Waals surface area contributed by atoms with Crippen LogP contribution in [0.5, 0.6) is 5.75 Å². The lowest BCUT2D eigenvalue weighted by atomic mass is 9.96. The minimum Gasteiger partial charge on any atom is -0.484 e. The number of carbonyl (C=O) groups is 1. The van der Waals surface area contributed by atoms with Crippen LogP contribution >= 0.6 is 12.4 Å². The molecule has 9 heteroatoms. The van der Waals surface area contributed by atoms with Gasteiger partial charge in [-0.1, -0.05) is 0 Å². The van der Waals surface area contributed by atoms with Crippen molar-refractivity contribution in [1.82, 2.24) is 5.32 Å². The Bertz CT molecular complexity index is 597. The highest BCUT2D eigenvalue weighted by Crippen LogP contribution is 2.38. The topological polar surface area (TPSA) is 107 Å². The zero-order valence-corrected chi connectivity index (χ0v) is 13.4. The first kappa shape index (κ1) is 19.1. The molecular formula is C14H19ClFN3O4. The molecule has 1 aromatic carbocycles. The maximum Gasteiger partial charge on any atom is 0.305 e. The molecule has 0 heterocycles. The van der Waals surface area contributed by atoms with Gasteiger partial charge in [0.2, 0.25) is 5.82 Å². The van der Waals surface area contributed by atoms with Crippen LogP contribution in [0, 0.1) is 21.8 Å². The van der Waals surface area contributed by atoms with Crippen molar-refractivity contribution in [3.63, 3.8) is 0 Å². The van der Waals surface area contributed by atoms with E-state index in [1.165, 1.54) is 6.07 Å². The summed E-state index contributed by atoms with van der Waals surface area (Å²) in [4.78, 5) is 21.6. The number of rotatable bonds is 7. The molecule has 0 spiro atoms. The first-order valence-electron chi connectivity index (χ1n) is 6.93. The first-order valence-corrected chi connectivity index (χ1v) is 6.93. The monoisotopic (exact) mass is 347 g/mol. The maximum absolute atomic E-state index is 13.4. The number of ether oxygens (including phenoxy) is 1. The van der Waals surface area contributed by atoms with E-state index < -0.39 is 22.0 Å². The molecule has 1 fully saturated rings. The Morgan fingerprint density at radius 1 is 1.57 bits per heavy atom. The molecule has 0 radical (unpaired) electrons. The number of nitro groups is 1. The molecule has 3 N–H and O–H groups in total. The van der Waals surface area contributed by atoms with Crippen molar-refractivity contribution in [2.45, 2.75) is 25.3 Å². The van der Waals surface area contributed by atoms with E-state index in [1.807, 2.05) is 6.92 Å². The number of hydrogen-bond acceptors (Lipinski definition) is 5. The third-order valence-corrected chi connectivity index (χ3v) is 3.81. The molecule has 1 saturated carbocycles. The Morgan fingerprint density at radius 3 is 2.70 bits per heavy atom. The van der Waals surface area contributed by atoms with E-state index in [2.05, 4.69) is 5.32 Å². The number of nitrogens with one attached hydrogen (secondary N) is 1. The summed E-state index contributed by atoms with van der Waals surface area (Å²) in [6.07, 6.45) is 2.06. The summed E-state index contributed by atoms with van der Waals surface area (Å²) in [6.45, 7) is 1.91. The lowest BCUT2D eigenvalue weighted by Gasteiger charge is -2.29. The predicted molar refractivity (Wildman–Crippen MR) is 84.1 cm³/mol. The molecule has 0 saturated heterocycles. The Kier molecular flexibility index (Phi) is 6.28. The number of halogens is 2. The summed E-state index contributed by atoms with van der Waals surface area (Å²) in [5.74, 6) is -0.941. The second kappa shape index (κ2) is 7.56. The minimum absolute atomic E-state index is 0. The molecule has 1 aliphatic rings. The van der Waals surface area contributed by atoms with Gasteiger partial charge in [-0.3, -0.25) is 14.9 Å². The summed E-state index contributed by atoms with van der Waals surface area (Å²) in [7, 11) is 0. The zero-order chi connectivity index (χ0) is 16.3. The number of nitro benzene ring substituents is 1. The van der Waals surface area contributed by atoms with Crippen LogP contribution in [0.1, 0.15) is 19.8 Å². The highest BCUT2D eigenvalue weighted by Gasteiger charge is 2.41. The Labute approximate surface area is 138 Å². The van der Waals surface area contributed by atoms with Gasteiger partial charge < -0.3 is 15.8 Å². The molecule has 0 aromatic heterocycles. The standard InChI is InChI=1S/C14H18FN3O4.ClH/c1-14(8-16,9-2-3-9)17-13(19)7-22-10-4-5-12(18(20)21)11(15)6-10;/h4-6,9H,2-3,7-8,16H2,1H3,(H,17,19);1H. The fourth-order valence-electron chi connectivity index (χ4n) is 2.27. The van der Waals surface area contributed by atoms with E-state index in [1.54, 1.807) is 0 Å². The number of carbonyl (C=O) groups excluding carboxylic acids is 1. The van der Waals surface area contributed by atoms with Gasteiger partial charge in [-0.25, -0.2) is 0 Å². The van der Waals surface area contributed by atoms with Crippen molar-refractivity contribution in [3.8, 4) is 5.75 Å². The minimum atomic E-state index is -1.01. The largest absolute Gasteiger partial charge is 0.484 e. The summed E-state index contributed by atoms with van der Waals surface area (Å²) in [6, 6.07) is 3.13. The van der Waals surface area contributed by atoms with Gasteiger partial charge in [0.25, 0.3) is 5.91 Å². The van der Waals surface area contributed by atoms with Gasteiger partial charge in [0.15, 0.2) is 6.61 Å². The van der Waals surface area contributed by atoms with Crippen LogP contribution < -0.4 is 15.8 Å². The number of benzene rings is 1. The smallest absolute Gasteiger partial charge is 0.305 e. The van der Waals surface area contributed by atoms with E-state index in [9.17, 15) is 19.3 Å². The van der Waals surface area contributed by atoms with Crippen LogP contribution in [-0.2, 0) is 4.79 Å². The van der Waals surface area contributed by atoms with Gasteiger partial charge in [0, 0.05) is 18.7 Å². The summed E-state index contributed by atoms with van der Waals surface area (Å²) in [5, 5.41) is 13.3. The van der Waals surface area contributed by atoms with Gasteiger partial charge in [0.1, 0.15) is 5.75 Å². The van der Waals surface area contributed by atoms with Gasteiger partial charge >= 0.3 is 5.69 Å². The van der Waals surface area contributed by atoms with Crippen molar-refractivity contribution in [2.75, 3.05) is 13.2 Å². The normalized spacial score (nSPS) is 16.0. The van der Waals surface area contributed by atoms with Gasteiger partial charge in [-0.15, -0.1) is 12.4 Å². The van der Waals surface area contributed by atoms with Gasteiger partial charge in [0.05, 0.1) is 10.5 Å². The molecule has 1 amide bonds. The second-order valence-electron chi connectivity index (χ2n) is 5.60. The van der Waals surface area contributed by atoms with Crippen molar-refractivity contribution in [2.24, 2.45) is 11.7 Å². The highest BCUT2D eigenvalue weighted by molar-refractivity contribution is 5.85. The number of amides is 1. The lowest BCUT2D eigenvalue weighted by Crippen LogP contribution is -2.54. The maximum atomic E-state index is 13.4. The molecule has 1 atom stereocenters. The lowest BCUT2D eigenvalue weighted by molar-refractivity contribution is -0.387. The van der Waals surface area contributed by atoms with Crippen LogP contribution in [0.2, 0.25) is 0 Å². The summed E-state index contributed by atoms with van der Waals surface area (Å²) >= 11 is 0. The van der Waals surface area contributed by atoms with Crippen molar-refractivity contribution in [1.29, 1.82) is 0 Å². The van der Waals surface area contributed by atoms with E-state index >= 15 is 0 Å². The van der Waals surface area contributed by atoms with Crippen LogP contribution in [0.3, 0.4) is 0 Å². The average Bonchev–Trinajstić information content (AvgIpc) is 3.29. The summed E-state index contributed by atoms with van der Waals surface area (Å²) < 4.78 is 18.6. The molecule has 0 aliphatic heterocycles. The zero-order valence-electron chi connectivity index (χ0n) is 12.6. The predicted octanol–water partition coefficient (Wildman–Crippen LogP) is 1.78. The van der Waals surface area contributed by atoms with E-state index in [0.29, 0.717) is 12.5 Å².